The summed E-state index contributed by atoms with van der Waals surface area (Å²) in [5.74, 6) is 0. The number of aryl methyl sites for hydroxylation is 1. The van der Waals surface area contributed by atoms with Crippen molar-refractivity contribution in [3.8, 4) is 0 Å². The smallest absolute Gasteiger partial charge is 0.319 e. The number of anilines is 1. The van der Waals surface area contributed by atoms with E-state index in [2.05, 4.69) is 10.6 Å². The molecule has 106 valence electrons. The van der Waals surface area contributed by atoms with Crippen molar-refractivity contribution in [3.05, 3.63) is 51.7 Å². The van der Waals surface area contributed by atoms with Crippen LogP contribution in [0.1, 0.15) is 28.3 Å². The van der Waals surface area contributed by atoms with Crippen LogP contribution in [0.5, 0.6) is 0 Å². The molecule has 0 radical (unpaired) electrons. The Labute approximate surface area is 123 Å². The molecule has 20 heavy (non-hydrogen) atoms. The van der Waals surface area contributed by atoms with E-state index in [1.165, 1.54) is 4.88 Å². The Morgan fingerprint density at radius 2 is 2.15 bits per heavy atom. The van der Waals surface area contributed by atoms with E-state index in [-0.39, 0.29) is 12.1 Å². The highest BCUT2D eigenvalue weighted by molar-refractivity contribution is 7.11. The number of nitrogens with one attached hydrogen (secondary N) is 2. The van der Waals surface area contributed by atoms with Gasteiger partial charge in [-0.2, -0.15) is 0 Å². The molecule has 1 atom stereocenters. The first-order valence-corrected chi connectivity index (χ1v) is 7.32. The van der Waals surface area contributed by atoms with Gasteiger partial charge in [0, 0.05) is 21.5 Å². The van der Waals surface area contributed by atoms with Crippen LogP contribution in [0.25, 0.3) is 0 Å². The molecule has 0 aliphatic heterocycles. The zero-order valence-corrected chi connectivity index (χ0v) is 12.5. The van der Waals surface area contributed by atoms with Crippen LogP contribution in [-0.4, -0.2) is 6.03 Å². The SMILES string of the molecule is Cc1ccc(CNC(=O)Nc2cccc(C(C)N)c2)s1. The topological polar surface area (TPSA) is 67.2 Å². The number of thiophene rings is 1. The number of hydrogen-bond acceptors (Lipinski definition) is 3. The highest BCUT2D eigenvalue weighted by Crippen LogP contribution is 2.16. The van der Waals surface area contributed by atoms with Crippen LogP contribution in [0.3, 0.4) is 0 Å². The molecule has 0 bridgehead atoms. The van der Waals surface area contributed by atoms with Gasteiger partial charge >= 0.3 is 6.03 Å². The van der Waals surface area contributed by atoms with Crippen molar-refractivity contribution >= 4 is 23.1 Å². The van der Waals surface area contributed by atoms with Gasteiger partial charge in [0.05, 0.1) is 6.54 Å². The number of amides is 2. The first-order valence-electron chi connectivity index (χ1n) is 6.50. The van der Waals surface area contributed by atoms with Crippen molar-refractivity contribution in [1.29, 1.82) is 0 Å². The number of hydrogen-bond donors (Lipinski definition) is 3. The summed E-state index contributed by atoms with van der Waals surface area (Å²) in [6, 6.07) is 11.4. The number of rotatable bonds is 4. The fourth-order valence-electron chi connectivity index (χ4n) is 1.82. The molecule has 0 fully saturated rings. The third-order valence-corrected chi connectivity index (χ3v) is 3.89. The summed E-state index contributed by atoms with van der Waals surface area (Å²) in [4.78, 5) is 14.2. The summed E-state index contributed by atoms with van der Waals surface area (Å²) in [5.41, 5.74) is 7.57. The molecular formula is C15H19N3OS. The molecule has 0 aliphatic rings. The minimum Gasteiger partial charge on any atom is -0.333 e. The van der Waals surface area contributed by atoms with Gasteiger partial charge in [-0.1, -0.05) is 12.1 Å². The van der Waals surface area contributed by atoms with Gasteiger partial charge in [0.25, 0.3) is 0 Å². The van der Waals surface area contributed by atoms with Gasteiger partial charge in [-0.3, -0.25) is 0 Å². The van der Waals surface area contributed by atoms with E-state index >= 15 is 0 Å². The predicted molar refractivity (Wildman–Crippen MR) is 84.0 cm³/mol. The molecule has 5 heteroatoms. The fourth-order valence-corrected chi connectivity index (χ4v) is 2.65. The monoisotopic (exact) mass is 289 g/mol. The molecule has 4 nitrogen and oxygen atoms in total. The number of carbonyl (C=O) groups is 1. The average Bonchev–Trinajstić information content (AvgIpc) is 2.82. The lowest BCUT2D eigenvalue weighted by molar-refractivity contribution is 0.252. The maximum atomic E-state index is 11.8. The van der Waals surface area contributed by atoms with E-state index in [1.807, 2.05) is 50.2 Å². The quantitative estimate of drug-likeness (QED) is 0.807. The maximum Gasteiger partial charge on any atom is 0.319 e. The Kier molecular flexibility index (Phi) is 4.76. The summed E-state index contributed by atoms with van der Waals surface area (Å²) in [7, 11) is 0. The van der Waals surface area contributed by atoms with Gasteiger partial charge < -0.3 is 16.4 Å². The second-order valence-electron chi connectivity index (χ2n) is 4.73. The second-order valence-corrected chi connectivity index (χ2v) is 6.11. The third-order valence-electron chi connectivity index (χ3n) is 2.89. The summed E-state index contributed by atoms with van der Waals surface area (Å²) in [5, 5.41) is 5.65. The first-order chi connectivity index (χ1) is 9.54. The van der Waals surface area contributed by atoms with Crippen LogP contribution >= 0.6 is 11.3 Å². The lowest BCUT2D eigenvalue weighted by atomic mass is 10.1. The lowest BCUT2D eigenvalue weighted by Crippen LogP contribution is -2.27. The van der Waals surface area contributed by atoms with E-state index in [0.29, 0.717) is 6.54 Å². The Hall–Kier alpha value is -1.85. The normalized spacial score (nSPS) is 11.9. The molecule has 1 aromatic carbocycles. The molecule has 2 aromatic rings. The molecule has 1 unspecified atom stereocenters. The molecular weight excluding hydrogens is 270 g/mol. The predicted octanol–water partition coefficient (Wildman–Crippen LogP) is 3.40. The molecule has 0 aliphatic carbocycles. The Bertz CT molecular complexity index is 592. The number of carbonyl (C=O) groups excluding carboxylic acids is 1. The van der Waals surface area contributed by atoms with E-state index in [0.717, 1.165) is 16.1 Å². The molecule has 0 saturated carbocycles. The van der Waals surface area contributed by atoms with E-state index < -0.39 is 0 Å². The lowest BCUT2D eigenvalue weighted by Gasteiger charge is -2.10. The van der Waals surface area contributed by atoms with E-state index in [1.54, 1.807) is 11.3 Å². The Morgan fingerprint density at radius 3 is 2.80 bits per heavy atom. The van der Waals surface area contributed by atoms with Gasteiger partial charge in [0.15, 0.2) is 0 Å². The zero-order chi connectivity index (χ0) is 14.5. The van der Waals surface area contributed by atoms with Crippen molar-refractivity contribution in [2.75, 3.05) is 5.32 Å². The van der Waals surface area contributed by atoms with Crippen molar-refractivity contribution < 1.29 is 4.79 Å². The van der Waals surface area contributed by atoms with Crippen molar-refractivity contribution in [3.63, 3.8) is 0 Å². The van der Waals surface area contributed by atoms with Crippen LogP contribution in [0.15, 0.2) is 36.4 Å². The molecule has 0 spiro atoms. The molecule has 2 rings (SSSR count). The number of benzene rings is 1. The van der Waals surface area contributed by atoms with E-state index in [9.17, 15) is 4.79 Å². The van der Waals surface area contributed by atoms with Gasteiger partial charge in [-0.05, 0) is 43.7 Å². The minimum atomic E-state index is -0.210. The summed E-state index contributed by atoms with van der Waals surface area (Å²) >= 11 is 1.68. The van der Waals surface area contributed by atoms with Crippen LogP contribution in [0, 0.1) is 6.92 Å². The highest BCUT2D eigenvalue weighted by Gasteiger charge is 2.05. The maximum absolute atomic E-state index is 11.8. The molecule has 0 saturated heterocycles. The second kappa shape index (κ2) is 6.54. The number of urea groups is 1. The fraction of sp³-hybridized carbons (Fsp3) is 0.267. The summed E-state index contributed by atoms with van der Waals surface area (Å²) < 4.78 is 0. The zero-order valence-electron chi connectivity index (χ0n) is 11.6. The van der Waals surface area contributed by atoms with Crippen LogP contribution < -0.4 is 16.4 Å². The Morgan fingerprint density at radius 1 is 1.35 bits per heavy atom. The molecule has 4 N–H and O–H groups in total. The standard InChI is InChI=1S/C15H19N3OS/c1-10-6-7-14(20-10)9-17-15(19)18-13-5-3-4-12(8-13)11(2)16/h3-8,11H,9,16H2,1-2H3,(H2,17,18,19). The van der Waals surface area contributed by atoms with Crippen LogP contribution in [0.4, 0.5) is 10.5 Å². The van der Waals surface area contributed by atoms with Gasteiger partial charge in [-0.15, -0.1) is 11.3 Å². The van der Waals surface area contributed by atoms with Crippen molar-refractivity contribution in [2.24, 2.45) is 5.73 Å². The minimum absolute atomic E-state index is 0.0473. The van der Waals surface area contributed by atoms with Crippen molar-refractivity contribution in [1.82, 2.24) is 5.32 Å². The molecule has 1 heterocycles. The summed E-state index contributed by atoms with van der Waals surface area (Å²) in [6.45, 7) is 4.50. The summed E-state index contributed by atoms with van der Waals surface area (Å²) in [6.07, 6.45) is 0. The largest absolute Gasteiger partial charge is 0.333 e. The van der Waals surface area contributed by atoms with Crippen molar-refractivity contribution in [2.45, 2.75) is 26.4 Å². The van der Waals surface area contributed by atoms with Crippen LogP contribution in [0.2, 0.25) is 0 Å². The molecule has 1 aromatic heterocycles. The first kappa shape index (κ1) is 14.6. The average molecular weight is 289 g/mol. The third kappa shape index (κ3) is 4.08. The van der Waals surface area contributed by atoms with Gasteiger partial charge in [0.2, 0.25) is 0 Å². The Balaban J connectivity index is 1.89. The van der Waals surface area contributed by atoms with Crippen LogP contribution in [-0.2, 0) is 6.54 Å². The highest BCUT2D eigenvalue weighted by atomic mass is 32.1. The number of nitrogens with two attached hydrogens (primary N) is 1. The molecule has 2 amide bonds. The van der Waals surface area contributed by atoms with Gasteiger partial charge in [-0.25, -0.2) is 4.79 Å². The van der Waals surface area contributed by atoms with E-state index in [4.69, 9.17) is 5.73 Å². The van der Waals surface area contributed by atoms with Gasteiger partial charge in [0.1, 0.15) is 0 Å².